The summed E-state index contributed by atoms with van der Waals surface area (Å²) in [5.74, 6) is -0.623. The molecule has 25 heavy (non-hydrogen) atoms. The topological polar surface area (TPSA) is 72.6 Å². The summed E-state index contributed by atoms with van der Waals surface area (Å²) >= 11 is 0. The Morgan fingerprint density at radius 1 is 1.44 bits per heavy atom. The molecule has 0 saturated carbocycles. The molecule has 6 heteroatoms. The van der Waals surface area contributed by atoms with Crippen LogP contribution in [0.3, 0.4) is 0 Å². The SMILES string of the molecule is [2H]C([2H])([2H])OC(=O)c1cccc2cc(CN3CCc4ccncc4C3=O)oc12. The first-order valence-corrected chi connectivity index (χ1v) is 7.79. The highest BCUT2D eigenvalue weighted by molar-refractivity contribution is 6.02. The fourth-order valence-electron chi connectivity index (χ4n) is 3.11. The summed E-state index contributed by atoms with van der Waals surface area (Å²) in [6.45, 7) is 0.774. The Labute approximate surface area is 148 Å². The molecule has 0 N–H and O–H groups in total. The van der Waals surface area contributed by atoms with Gasteiger partial charge in [0.15, 0.2) is 0 Å². The van der Waals surface area contributed by atoms with Gasteiger partial charge in [-0.25, -0.2) is 4.79 Å². The Hall–Kier alpha value is -3.15. The van der Waals surface area contributed by atoms with Crippen molar-refractivity contribution in [3.8, 4) is 0 Å². The zero-order chi connectivity index (χ0) is 19.9. The zero-order valence-electron chi connectivity index (χ0n) is 16.2. The Bertz CT molecular complexity index is 1070. The molecule has 126 valence electrons. The lowest BCUT2D eigenvalue weighted by Gasteiger charge is -2.27. The summed E-state index contributed by atoms with van der Waals surface area (Å²) in [6, 6.07) is 8.37. The van der Waals surface area contributed by atoms with E-state index >= 15 is 0 Å². The first kappa shape index (κ1) is 12.2. The molecule has 3 aromatic rings. The minimum absolute atomic E-state index is 0.0272. The molecule has 0 fully saturated rings. The Morgan fingerprint density at radius 3 is 3.24 bits per heavy atom. The van der Waals surface area contributed by atoms with Gasteiger partial charge in [0, 0.05) is 24.3 Å². The molecule has 0 unspecified atom stereocenters. The van der Waals surface area contributed by atoms with Crippen molar-refractivity contribution in [3.05, 3.63) is 65.2 Å². The number of furan rings is 1. The minimum atomic E-state index is -2.84. The summed E-state index contributed by atoms with van der Waals surface area (Å²) in [5, 5.41) is 0.626. The molecule has 0 saturated heterocycles. The normalized spacial score (nSPS) is 16.1. The molecular formula is C19H16N2O4. The highest BCUT2D eigenvalue weighted by Crippen LogP contribution is 2.26. The molecule has 0 atom stereocenters. The van der Waals surface area contributed by atoms with Gasteiger partial charge in [0.25, 0.3) is 5.91 Å². The Balaban J connectivity index is 1.60. The molecule has 1 aromatic carbocycles. The Kier molecular flexibility index (Phi) is 2.96. The molecule has 2 aromatic heterocycles. The van der Waals surface area contributed by atoms with Crippen molar-refractivity contribution in [2.75, 3.05) is 13.6 Å². The number of rotatable bonds is 3. The smallest absolute Gasteiger partial charge is 0.341 e. The molecule has 1 amide bonds. The number of fused-ring (bicyclic) bond motifs is 2. The van der Waals surface area contributed by atoms with Crippen LogP contribution in [-0.4, -0.2) is 35.3 Å². The van der Waals surface area contributed by atoms with E-state index in [4.69, 9.17) is 8.53 Å². The number of esters is 1. The molecular weight excluding hydrogens is 320 g/mol. The van der Waals surface area contributed by atoms with Crippen molar-refractivity contribution in [2.45, 2.75) is 13.0 Å². The number of aromatic nitrogens is 1. The fraction of sp³-hybridized carbons (Fsp3) is 0.211. The molecule has 0 bridgehead atoms. The van der Waals surface area contributed by atoms with E-state index in [1.807, 2.05) is 6.07 Å². The van der Waals surface area contributed by atoms with Crippen LogP contribution in [-0.2, 0) is 17.7 Å². The van der Waals surface area contributed by atoms with Crippen molar-refractivity contribution < 1.29 is 22.9 Å². The third-order valence-electron chi connectivity index (χ3n) is 4.33. The van der Waals surface area contributed by atoms with Crippen molar-refractivity contribution in [2.24, 2.45) is 0 Å². The molecule has 3 heterocycles. The first-order chi connectivity index (χ1) is 13.3. The molecule has 1 aliphatic rings. The van der Waals surface area contributed by atoms with Crippen LogP contribution in [0.2, 0.25) is 0 Å². The van der Waals surface area contributed by atoms with Crippen LogP contribution in [0.25, 0.3) is 11.0 Å². The van der Waals surface area contributed by atoms with Gasteiger partial charge >= 0.3 is 5.97 Å². The van der Waals surface area contributed by atoms with Crippen LogP contribution in [0.4, 0.5) is 0 Å². The summed E-state index contributed by atoms with van der Waals surface area (Å²) in [5.41, 5.74) is 1.81. The largest absolute Gasteiger partial charge is 0.465 e. The lowest BCUT2D eigenvalue weighted by molar-refractivity contribution is 0.0600. The summed E-state index contributed by atoms with van der Waals surface area (Å²) in [7, 11) is -2.84. The molecule has 1 aliphatic heterocycles. The number of ether oxygens (including phenoxy) is 1. The van der Waals surface area contributed by atoms with E-state index in [0.717, 1.165) is 12.0 Å². The van der Waals surface area contributed by atoms with Crippen molar-refractivity contribution in [1.82, 2.24) is 9.88 Å². The van der Waals surface area contributed by atoms with Gasteiger partial charge in [-0.3, -0.25) is 9.78 Å². The number of hydrogen-bond acceptors (Lipinski definition) is 5. The van der Waals surface area contributed by atoms with Crippen molar-refractivity contribution in [3.63, 3.8) is 0 Å². The molecule has 0 radical (unpaired) electrons. The maximum atomic E-state index is 12.7. The van der Waals surface area contributed by atoms with Gasteiger partial charge in [0.2, 0.25) is 0 Å². The van der Waals surface area contributed by atoms with E-state index in [0.29, 0.717) is 23.3 Å². The van der Waals surface area contributed by atoms with Gasteiger partial charge in [-0.1, -0.05) is 12.1 Å². The van der Waals surface area contributed by atoms with Gasteiger partial charge in [-0.15, -0.1) is 0 Å². The highest BCUT2D eigenvalue weighted by atomic mass is 16.5. The number of nitrogens with zero attached hydrogens (tertiary/aromatic N) is 2. The van der Waals surface area contributed by atoms with E-state index in [1.165, 1.54) is 6.07 Å². The number of carbonyl (C=O) groups is 2. The van der Waals surface area contributed by atoms with Crippen LogP contribution in [0.15, 0.2) is 47.1 Å². The van der Waals surface area contributed by atoms with Crippen molar-refractivity contribution >= 4 is 22.8 Å². The number of hydrogen-bond donors (Lipinski definition) is 0. The summed E-state index contributed by atoms with van der Waals surface area (Å²) in [6.07, 6.45) is 3.95. The van der Waals surface area contributed by atoms with Crippen LogP contribution in [0, 0.1) is 0 Å². The predicted octanol–water partition coefficient (Wildman–Crippen LogP) is 2.81. The number of carbonyl (C=O) groups excluding carboxylic acids is 2. The standard InChI is InChI=1S/C19H16N2O4/c1-24-19(23)15-4-2-3-13-9-14(25-17(13)15)11-21-8-6-12-5-7-20-10-16(12)18(21)22/h2-5,7,9-10H,6,8,11H2,1H3/i1D3. The van der Waals surface area contributed by atoms with E-state index < -0.39 is 13.0 Å². The Morgan fingerprint density at radius 2 is 2.36 bits per heavy atom. The zero-order valence-corrected chi connectivity index (χ0v) is 13.2. The second kappa shape index (κ2) is 6.05. The first-order valence-electron chi connectivity index (χ1n) is 9.29. The summed E-state index contributed by atoms with van der Waals surface area (Å²) < 4.78 is 31.5. The quantitative estimate of drug-likeness (QED) is 0.686. The van der Waals surface area contributed by atoms with Gasteiger partial charge in [0.05, 0.1) is 23.3 Å². The molecule has 6 nitrogen and oxygen atoms in total. The fourth-order valence-corrected chi connectivity index (χ4v) is 3.11. The number of amides is 1. The highest BCUT2D eigenvalue weighted by Gasteiger charge is 2.25. The second-order valence-electron chi connectivity index (χ2n) is 5.84. The molecule has 4 rings (SSSR count). The predicted molar refractivity (Wildman–Crippen MR) is 90.2 cm³/mol. The van der Waals surface area contributed by atoms with Crippen LogP contribution in [0.5, 0.6) is 0 Å². The van der Waals surface area contributed by atoms with Gasteiger partial charge in [0.1, 0.15) is 16.9 Å². The van der Waals surface area contributed by atoms with E-state index in [1.54, 1.807) is 35.5 Å². The molecule has 0 aliphatic carbocycles. The maximum absolute atomic E-state index is 12.7. The number of pyridine rings is 1. The van der Waals surface area contributed by atoms with Crippen LogP contribution < -0.4 is 0 Å². The van der Waals surface area contributed by atoms with Gasteiger partial charge in [-0.05, 0) is 30.2 Å². The van der Waals surface area contributed by atoms with Gasteiger partial charge < -0.3 is 14.1 Å². The van der Waals surface area contributed by atoms with E-state index in [2.05, 4.69) is 9.72 Å². The maximum Gasteiger partial charge on any atom is 0.341 e. The minimum Gasteiger partial charge on any atom is -0.465 e. The number of benzene rings is 1. The second-order valence-corrected chi connectivity index (χ2v) is 5.84. The number of para-hydroxylation sites is 1. The summed E-state index contributed by atoms with van der Waals surface area (Å²) in [4.78, 5) is 30.5. The van der Waals surface area contributed by atoms with Crippen molar-refractivity contribution in [1.29, 1.82) is 0 Å². The van der Waals surface area contributed by atoms with E-state index in [9.17, 15) is 9.59 Å². The number of methoxy groups -OCH3 is 1. The van der Waals surface area contributed by atoms with Crippen LogP contribution in [0.1, 0.15) is 36.2 Å². The lowest BCUT2D eigenvalue weighted by Crippen LogP contribution is -2.37. The third kappa shape index (κ3) is 2.65. The average Bonchev–Trinajstić information content (AvgIpc) is 3.05. The van der Waals surface area contributed by atoms with Crippen LogP contribution >= 0.6 is 0 Å². The third-order valence-corrected chi connectivity index (χ3v) is 4.33. The lowest BCUT2D eigenvalue weighted by atomic mass is 10.0. The molecule has 0 spiro atoms. The van der Waals surface area contributed by atoms with E-state index in [-0.39, 0.29) is 23.6 Å². The monoisotopic (exact) mass is 339 g/mol. The average molecular weight is 339 g/mol. The van der Waals surface area contributed by atoms with Gasteiger partial charge in [-0.2, -0.15) is 0 Å².